The third-order valence-corrected chi connectivity index (χ3v) is 4.77. The van der Waals surface area contributed by atoms with Crippen molar-refractivity contribution in [2.45, 2.75) is 45.1 Å². The van der Waals surface area contributed by atoms with Crippen LogP contribution in [-0.4, -0.2) is 6.04 Å². The van der Waals surface area contributed by atoms with Gasteiger partial charge in [0.15, 0.2) is 0 Å². The minimum absolute atomic E-state index is 0.350. The lowest BCUT2D eigenvalue weighted by Gasteiger charge is -2.30. The lowest BCUT2D eigenvalue weighted by Crippen LogP contribution is -2.34. The van der Waals surface area contributed by atoms with Gasteiger partial charge in [-0.05, 0) is 71.4 Å². The summed E-state index contributed by atoms with van der Waals surface area (Å²) in [5, 5.41) is 0. The molecule has 94 valence electrons. The summed E-state index contributed by atoms with van der Waals surface area (Å²) < 4.78 is 1.30. The van der Waals surface area contributed by atoms with Crippen LogP contribution in [0.15, 0.2) is 24.3 Å². The van der Waals surface area contributed by atoms with Crippen LogP contribution in [0.1, 0.15) is 38.2 Å². The molecule has 0 bridgehead atoms. The van der Waals surface area contributed by atoms with Crippen LogP contribution in [0.25, 0.3) is 0 Å². The molecule has 1 aliphatic carbocycles. The van der Waals surface area contributed by atoms with Gasteiger partial charge in [-0.15, -0.1) is 0 Å². The molecule has 0 spiro atoms. The summed E-state index contributed by atoms with van der Waals surface area (Å²) in [6.07, 6.45) is 6.42. The second-order valence-electron chi connectivity index (χ2n) is 5.51. The van der Waals surface area contributed by atoms with E-state index < -0.39 is 0 Å². The lowest BCUT2D eigenvalue weighted by molar-refractivity contribution is 0.253. The molecule has 1 nitrogen and oxygen atoms in total. The van der Waals surface area contributed by atoms with E-state index in [2.05, 4.69) is 53.8 Å². The van der Waals surface area contributed by atoms with Crippen LogP contribution in [0.2, 0.25) is 0 Å². The minimum atomic E-state index is 0.350. The van der Waals surface area contributed by atoms with Gasteiger partial charge in [-0.25, -0.2) is 0 Å². The molecule has 1 saturated carbocycles. The van der Waals surface area contributed by atoms with Crippen LogP contribution >= 0.6 is 22.6 Å². The van der Waals surface area contributed by atoms with Gasteiger partial charge >= 0.3 is 0 Å². The molecular formula is C15H22IN. The highest BCUT2D eigenvalue weighted by atomic mass is 127. The third kappa shape index (κ3) is 3.95. The van der Waals surface area contributed by atoms with Crippen molar-refractivity contribution in [3.05, 3.63) is 33.4 Å². The molecule has 2 rings (SSSR count). The van der Waals surface area contributed by atoms with Crippen molar-refractivity contribution in [1.29, 1.82) is 0 Å². The third-order valence-electron chi connectivity index (χ3n) is 4.05. The fourth-order valence-corrected chi connectivity index (χ4v) is 3.13. The molecule has 0 aliphatic heterocycles. The van der Waals surface area contributed by atoms with Crippen molar-refractivity contribution in [1.82, 2.24) is 0 Å². The van der Waals surface area contributed by atoms with E-state index in [-0.39, 0.29) is 0 Å². The Kier molecular flexibility index (Phi) is 4.86. The number of benzene rings is 1. The molecule has 0 radical (unpaired) electrons. The molecule has 0 aromatic heterocycles. The highest BCUT2D eigenvalue weighted by Gasteiger charge is 2.23. The van der Waals surface area contributed by atoms with Crippen LogP contribution in [0, 0.1) is 15.4 Å². The zero-order valence-electron chi connectivity index (χ0n) is 10.5. The topological polar surface area (TPSA) is 26.0 Å². The zero-order chi connectivity index (χ0) is 12.3. The zero-order valence-corrected chi connectivity index (χ0v) is 12.7. The molecule has 1 aliphatic rings. The average Bonchev–Trinajstić information content (AvgIpc) is 2.33. The molecule has 2 N–H and O–H groups in total. The van der Waals surface area contributed by atoms with Gasteiger partial charge in [-0.1, -0.05) is 31.9 Å². The Morgan fingerprint density at radius 2 is 1.76 bits per heavy atom. The van der Waals surface area contributed by atoms with Gasteiger partial charge < -0.3 is 5.73 Å². The van der Waals surface area contributed by atoms with E-state index >= 15 is 0 Å². The standard InChI is InChI=1S/C15H22IN/c1-11-2-6-13(7-3-11)15(17)10-12-4-8-14(16)9-5-12/h4-5,8-9,11,13,15H,2-3,6-7,10,17H2,1H3. The highest BCUT2D eigenvalue weighted by Crippen LogP contribution is 2.30. The van der Waals surface area contributed by atoms with Crippen molar-refractivity contribution in [3.63, 3.8) is 0 Å². The summed E-state index contributed by atoms with van der Waals surface area (Å²) >= 11 is 2.34. The summed E-state index contributed by atoms with van der Waals surface area (Å²) in [4.78, 5) is 0. The van der Waals surface area contributed by atoms with E-state index in [1.54, 1.807) is 0 Å². The number of nitrogens with two attached hydrogens (primary N) is 1. The van der Waals surface area contributed by atoms with Crippen molar-refractivity contribution < 1.29 is 0 Å². The second-order valence-corrected chi connectivity index (χ2v) is 6.76. The van der Waals surface area contributed by atoms with Crippen LogP contribution in [-0.2, 0) is 6.42 Å². The van der Waals surface area contributed by atoms with Crippen molar-refractivity contribution >= 4 is 22.6 Å². The molecule has 1 aromatic carbocycles. The van der Waals surface area contributed by atoms with Crippen molar-refractivity contribution in [3.8, 4) is 0 Å². The van der Waals surface area contributed by atoms with Crippen LogP contribution in [0.3, 0.4) is 0 Å². The van der Waals surface area contributed by atoms with Gasteiger partial charge in [0.25, 0.3) is 0 Å². The number of hydrogen-bond acceptors (Lipinski definition) is 1. The van der Waals surface area contributed by atoms with Crippen molar-refractivity contribution in [2.75, 3.05) is 0 Å². The average molecular weight is 343 g/mol. The maximum atomic E-state index is 6.36. The largest absolute Gasteiger partial charge is 0.327 e. The quantitative estimate of drug-likeness (QED) is 0.826. The number of hydrogen-bond donors (Lipinski definition) is 1. The highest BCUT2D eigenvalue weighted by molar-refractivity contribution is 14.1. The van der Waals surface area contributed by atoms with E-state index in [1.807, 2.05) is 0 Å². The summed E-state index contributed by atoms with van der Waals surface area (Å²) in [5.74, 6) is 1.65. The van der Waals surface area contributed by atoms with E-state index in [1.165, 1.54) is 34.8 Å². The summed E-state index contributed by atoms with van der Waals surface area (Å²) in [7, 11) is 0. The first kappa shape index (κ1) is 13.3. The molecule has 1 fully saturated rings. The molecule has 17 heavy (non-hydrogen) atoms. The molecular weight excluding hydrogens is 321 g/mol. The minimum Gasteiger partial charge on any atom is -0.327 e. The first-order chi connectivity index (χ1) is 8.15. The van der Waals surface area contributed by atoms with E-state index in [9.17, 15) is 0 Å². The molecule has 1 unspecified atom stereocenters. The Morgan fingerprint density at radius 3 is 2.35 bits per heavy atom. The Balaban J connectivity index is 1.88. The first-order valence-electron chi connectivity index (χ1n) is 6.65. The lowest BCUT2D eigenvalue weighted by atomic mass is 9.78. The maximum absolute atomic E-state index is 6.36. The predicted octanol–water partition coefficient (Wildman–Crippen LogP) is 3.99. The molecule has 0 heterocycles. The summed E-state index contributed by atoms with van der Waals surface area (Å²) in [6, 6.07) is 9.12. The molecule has 0 amide bonds. The van der Waals surface area contributed by atoms with Gasteiger partial charge in [-0.3, -0.25) is 0 Å². The van der Waals surface area contributed by atoms with Crippen LogP contribution in [0.4, 0.5) is 0 Å². The van der Waals surface area contributed by atoms with Crippen molar-refractivity contribution in [2.24, 2.45) is 17.6 Å². The SMILES string of the molecule is CC1CCC(C(N)Cc2ccc(I)cc2)CC1. The van der Waals surface area contributed by atoms with Crippen LogP contribution in [0.5, 0.6) is 0 Å². The van der Waals surface area contributed by atoms with Gasteiger partial charge in [0.05, 0.1) is 0 Å². The van der Waals surface area contributed by atoms with E-state index in [4.69, 9.17) is 5.73 Å². The normalized spacial score (nSPS) is 26.8. The molecule has 1 atom stereocenters. The van der Waals surface area contributed by atoms with Gasteiger partial charge in [0.1, 0.15) is 0 Å². The fourth-order valence-electron chi connectivity index (χ4n) is 2.77. The Labute approximate surface area is 118 Å². The van der Waals surface area contributed by atoms with Gasteiger partial charge in [0.2, 0.25) is 0 Å². The second kappa shape index (κ2) is 6.19. The van der Waals surface area contributed by atoms with E-state index in [0.717, 1.165) is 18.3 Å². The molecule has 1 aromatic rings. The number of halogens is 1. The Morgan fingerprint density at radius 1 is 1.18 bits per heavy atom. The van der Waals surface area contributed by atoms with E-state index in [0.29, 0.717) is 6.04 Å². The fraction of sp³-hybridized carbons (Fsp3) is 0.600. The van der Waals surface area contributed by atoms with Crippen LogP contribution < -0.4 is 5.73 Å². The number of rotatable bonds is 3. The summed E-state index contributed by atoms with van der Waals surface area (Å²) in [5.41, 5.74) is 7.75. The molecule has 0 saturated heterocycles. The smallest absolute Gasteiger partial charge is 0.0130 e. The predicted molar refractivity (Wildman–Crippen MR) is 82.0 cm³/mol. The summed E-state index contributed by atoms with van der Waals surface area (Å²) in [6.45, 7) is 2.36. The van der Waals surface area contributed by atoms with Gasteiger partial charge in [0, 0.05) is 9.61 Å². The van der Waals surface area contributed by atoms with Gasteiger partial charge in [-0.2, -0.15) is 0 Å². The Bertz CT molecular complexity index is 338. The maximum Gasteiger partial charge on any atom is 0.0130 e. The Hall–Kier alpha value is -0.0900. The monoisotopic (exact) mass is 343 g/mol. The first-order valence-corrected chi connectivity index (χ1v) is 7.73. The molecule has 2 heteroatoms.